The van der Waals surface area contributed by atoms with Gasteiger partial charge in [0.25, 0.3) is 0 Å². The lowest BCUT2D eigenvalue weighted by atomic mass is 9.87. The van der Waals surface area contributed by atoms with Crippen LogP contribution >= 0.6 is 0 Å². The highest BCUT2D eigenvalue weighted by Gasteiger charge is 2.27. The molecule has 0 spiro atoms. The van der Waals surface area contributed by atoms with E-state index in [1.165, 1.54) is 5.56 Å². The number of hydrogen-bond acceptors (Lipinski definition) is 2. The molecule has 1 atom stereocenters. The Labute approximate surface area is 116 Å². The maximum absolute atomic E-state index is 12.1. The molecule has 1 rings (SSSR count). The van der Waals surface area contributed by atoms with Gasteiger partial charge in [-0.1, -0.05) is 46.2 Å². The first kappa shape index (κ1) is 15.7. The van der Waals surface area contributed by atoms with Crippen LogP contribution in [0.1, 0.15) is 53.0 Å². The van der Waals surface area contributed by atoms with Gasteiger partial charge in [-0.15, -0.1) is 0 Å². The second-order valence-electron chi connectivity index (χ2n) is 6.45. The maximum Gasteiger partial charge on any atom is 0.244 e. The monoisotopic (exact) mass is 262 g/mol. The number of rotatable bonds is 4. The summed E-state index contributed by atoms with van der Waals surface area (Å²) in [7, 11) is 0. The van der Waals surface area contributed by atoms with E-state index in [0.717, 1.165) is 12.1 Å². The van der Waals surface area contributed by atoms with Crippen LogP contribution in [0.2, 0.25) is 0 Å². The Morgan fingerprint density at radius 3 is 2.11 bits per heavy atom. The van der Waals surface area contributed by atoms with Crippen LogP contribution in [0.25, 0.3) is 0 Å². The molecule has 0 heterocycles. The molecule has 3 nitrogen and oxygen atoms in total. The first-order chi connectivity index (χ1) is 8.66. The third-order valence-corrected chi connectivity index (χ3v) is 3.30. The third-order valence-electron chi connectivity index (χ3n) is 3.30. The van der Waals surface area contributed by atoms with Crippen molar-refractivity contribution in [3.8, 4) is 0 Å². The Morgan fingerprint density at radius 2 is 1.68 bits per heavy atom. The van der Waals surface area contributed by atoms with Crippen LogP contribution in [-0.2, 0) is 10.2 Å². The van der Waals surface area contributed by atoms with E-state index in [2.05, 4.69) is 26.1 Å². The molecule has 1 aromatic rings. The quantitative estimate of drug-likeness (QED) is 0.873. The van der Waals surface area contributed by atoms with Crippen molar-refractivity contribution in [2.45, 2.75) is 58.4 Å². The lowest BCUT2D eigenvalue weighted by molar-refractivity contribution is -0.120. The van der Waals surface area contributed by atoms with Crippen LogP contribution < -0.4 is 11.1 Å². The smallest absolute Gasteiger partial charge is 0.244 e. The predicted molar refractivity (Wildman–Crippen MR) is 81.3 cm³/mol. The van der Waals surface area contributed by atoms with E-state index in [4.69, 9.17) is 5.73 Å². The standard InChI is InChI=1S/C16H26N2O/c1-6-11-16(5,17)14(19)18-13-9-7-12(8-10-13)15(2,3)4/h7-10H,6,11,17H2,1-5H3,(H,18,19). The van der Waals surface area contributed by atoms with Gasteiger partial charge in [-0.2, -0.15) is 0 Å². The first-order valence-corrected chi connectivity index (χ1v) is 6.87. The molecule has 1 aromatic carbocycles. The molecule has 3 heteroatoms. The molecular weight excluding hydrogens is 236 g/mol. The van der Waals surface area contributed by atoms with Crippen molar-refractivity contribution in [2.75, 3.05) is 5.32 Å². The van der Waals surface area contributed by atoms with Crippen molar-refractivity contribution in [3.63, 3.8) is 0 Å². The topological polar surface area (TPSA) is 55.1 Å². The molecule has 0 aliphatic carbocycles. The molecule has 0 aliphatic heterocycles. The normalized spacial score (nSPS) is 14.8. The van der Waals surface area contributed by atoms with Gasteiger partial charge in [-0.3, -0.25) is 4.79 Å². The highest BCUT2D eigenvalue weighted by atomic mass is 16.2. The molecule has 1 unspecified atom stereocenters. The molecule has 0 radical (unpaired) electrons. The van der Waals surface area contributed by atoms with Gasteiger partial charge in [0.2, 0.25) is 5.91 Å². The van der Waals surface area contributed by atoms with Crippen LogP contribution in [0.3, 0.4) is 0 Å². The molecule has 0 saturated carbocycles. The summed E-state index contributed by atoms with van der Waals surface area (Å²) in [5, 5.41) is 2.88. The molecule has 3 N–H and O–H groups in total. The molecular formula is C16H26N2O. The van der Waals surface area contributed by atoms with Crippen molar-refractivity contribution < 1.29 is 4.79 Å². The summed E-state index contributed by atoms with van der Waals surface area (Å²) in [4.78, 5) is 12.1. The highest BCUT2D eigenvalue weighted by Crippen LogP contribution is 2.23. The second kappa shape index (κ2) is 5.74. The van der Waals surface area contributed by atoms with Gasteiger partial charge in [-0.25, -0.2) is 0 Å². The van der Waals surface area contributed by atoms with Gasteiger partial charge in [0, 0.05) is 5.69 Å². The van der Waals surface area contributed by atoms with E-state index in [0.29, 0.717) is 6.42 Å². The summed E-state index contributed by atoms with van der Waals surface area (Å²) in [6.07, 6.45) is 1.57. The molecule has 0 aromatic heterocycles. The number of nitrogens with one attached hydrogen (secondary N) is 1. The van der Waals surface area contributed by atoms with Crippen LogP contribution in [0.5, 0.6) is 0 Å². The molecule has 0 aliphatic rings. The van der Waals surface area contributed by atoms with Gasteiger partial charge in [0.1, 0.15) is 0 Å². The average molecular weight is 262 g/mol. The number of hydrogen-bond donors (Lipinski definition) is 2. The van der Waals surface area contributed by atoms with E-state index < -0.39 is 5.54 Å². The Kier molecular flexibility index (Phi) is 4.75. The van der Waals surface area contributed by atoms with Crippen molar-refractivity contribution in [3.05, 3.63) is 29.8 Å². The summed E-state index contributed by atoms with van der Waals surface area (Å²) in [6, 6.07) is 7.95. The summed E-state index contributed by atoms with van der Waals surface area (Å²) in [6.45, 7) is 10.3. The van der Waals surface area contributed by atoms with E-state index in [1.807, 2.05) is 31.2 Å². The number of anilines is 1. The van der Waals surface area contributed by atoms with E-state index >= 15 is 0 Å². The van der Waals surface area contributed by atoms with Gasteiger partial charge in [-0.05, 0) is 36.5 Å². The number of carbonyl (C=O) groups excluding carboxylic acids is 1. The minimum Gasteiger partial charge on any atom is -0.325 e. The Hall–Kier alpha value is -1.35. The number of nitrogens with two attached hydrogens (primary N) is 1. The largest absolute Gasteiger partial charge is 0.325 e. The fourth-order valence-electron chi connectivity index (χ4n) is 1.96. The highest BCUT2D eigenvalue weighted by molar-refractivity contribution is 5.97. The average Bonchev–Trinajstić information content (AvgIpc) is 2.28. The lowest BCUT2D eigenvalue weighted by Gasteiger charge is -2.23. The van der Waals surface area contributed by atoms with E-state index in [-0.39, 0.29) is 11.3 Å². The van der Waals surface area contributed by atoms with Crippen LogP contribution in [-0.4, -0.2) is 11.4 Å². The first-order valence-electron chi connectivity index (χ1n) is 6.87. The molecule has 1 amide bonds. The van der Waals surface area contributed by atoms with Crippen molar-refractivity contribution in [2.24, 2.45) is 5.73 Å². The summed E-state index contributed by atoms with van der Waals surface area (Å²) in [5.74, 6) is -0.127. The molecule has 0 bridgehead atoms. The number of carbonyl (C=O) groups is 1. The zero-order valence-corrected chi connectivity index (χ0v) is 12.7. The number of benzene rings is 1. The lowest BCUT2D eigenvalue weighted by Crippen LogP contribution is -2.48. The summed E-state index contributed by atoms with van der Waals surface area (Å²) in [5.41, 5.74) is 7.36. The summed E-state index contributed by atoms with van der Waals surface area (Å²) < 4.78 is 0. The molecule has 0 fully saturated rings. The Morgan fingerprint density at radius 1 is 1.16 bits per heavy atom. The Bertz CT molecular complexity index is 427. The second-order valence-corrected chi connectivity index (χ2v) is 6.45. The van der Waals surface area contributed by atoms with Crippen molar-refractivity contribution >= 4 is 11.6 Å². The van der Waals surface area contributed by atoms with Crippen molar-refractivity contribution in [1.29, 1.82) is 0 Å². The molecule has 0 saturated heterocycles. The van der Waals surface area contributed by atoms with Crippen LogP contribution in [0.15, 0.2) is 24.3 Å². The van der Waals surface area contributed by atoms with Crippen LogP contribution in [0.4, 0.5) is 5.69 Å². The predicted octanol–water partition coefficient (Wildman–Crippen LogP) is 3.44. The van der Waals surface area contributed by atoms with Gasteiger partial charge < -0.3 is 11.1 Å². The minimum absolute atomic E-state index is 0.118. The fraction of sp³-hybridized carbons (Fsp3) is 0.562. The minimum atomic E-state index is -0.808. The number of amides is 1. The van der Waals surface area contributed by atoms with E-state index in [1.54, 1.807) is 6.92 Å². The van der Waals surface area contributed by atoms with Gasteiger partial charge >= 0.3 is 0 Å². The van der Waals surface area contributed by atoms with Gasteiger partial charge in [0.05, 0.1) is 5.54 Å². The van der Waals surface area contributed by atoms with E-state index in [9.17, 15) is 4.79 Å². The van der Waals surface area contributed by atoms with Crippen LogP contribution in [0, 0.1) is 0 Å². The third kappa shape index (κ3) is 4.35. The Balaban J connectivity index is 2.76. The summed E-state index contributed by atoms with van der Waals surface area (Å²) >= 11 is 0. The van der Waals surface area contributed by atoms with Gasteiger partial charge in [0.15, 0.2) is 0 Å². The zero-order chi connectivity index (χ0) is 14.7. The fourth-order valence-corrected chi connectivity index (χ4v) is 1.96. The SMILES string of the molecule is CCCC(C)(N)C(=O)Nc1ccc(C(C)(C)C)cc1. The maximum atomic E-state index is 12.1. The zero-order valence-electron chi connectivity index (χ0n) is 12.7. The molecule has 106 valence electrons. The van der Waals surface area contributed by atoms with Crippen molar-refractivity contribution in [1.82, 2.24) is 0 Å². The molecule has 19 heavy (non-hydrogen) atoms.